The van der Waals surface area contributed by atoms with Gasteiger partial charge >= 0.3 is 0 Å². The monoisotopic (exact) mass is 206 g/mol. The van der Waals surface area contributed by atoms with Crippen molar-refractivity contribution in [2.24, 2.45) is 0 Å². The van der Waals surface area contributed by atoms with Crippen LogP contribution in [0.15, 0.2) is 29.3 Å². The van der Waals surface area contributed by atoms with Crippen molar-refractivity contribution in [1.82, 2.24) is 9.55 Å². The van der Waals surface area contributed by atoms with E-state index < -0.39 is 11.4 Å². The summed E-state index contributed by atoms with van der Waals surface area (Å²) in [7, 11) is 0. The summed E-state index contributed by atoms with van der Waals surface area (Å²) >= 11 is 0. The van der Waals surface area contributed by atoms with Crippen LogP contribution in [0, 0.1) is 5.82 Å². The lowest BCUT2D eigenvalue weighted by atomic mass is 10.2. The fourth-order valence-electron chi connectivity index (χ4n) is 1.34. The van der Waals surface area contributed by atoms with Gasteiger partial charge in [-0.05, 0) is 18.2 Å². The topological polar surface area (TPSA) is 52.0 Å². The number of hydrogen-bond donors (Lipinski definition) is 0. The maximum atomic E-state index is 12.9. The van der Waals surface area contributed by atoms with Crippen LogP contribution in [0.2, 0.25) is 0 Å². The number of aldehydes is 1. The third-order valence-corrected chi connectivity index (χ3v) is 2.06. The average Bonchev–Trinajstić information content (AvgIpc) is 2.23. The molecule has 1 heterocycles. The minimum Gasteiger partial charge on any atom is -0.301 e. The van der Waals surface area contributed by atoms with Crippen molar-refractivity contribution in [2.75, 3.05) is 0 Å². The molecule has 0 spiro atoms. The fraction of sp³-hybridized carbons (Fsp3) is 0.100. The average molecular weight is 206 g/mol. The van der Waals surface area contributed by atoms with E-state index in [1.807, 2.05) is 0 Å². The third kappa shape index (κ3) is 1.63. The molecule has 0 bridgehead atoms. The Labute approximate surface area is 84.0 Å². The zero-order valence-corrected chi connectivity index (χ0v) is 7.68. The van der Waals surface area contributed by atoms with Gasteiger partial charge in [-0.15, -0.1) is 0 Å². The molecule has 0 N–H and O–H groups in total. The molecule has 0 atom stereocenters. The first-order valence-electron chi connectivity index (χ1n) is 4.30. The minimum absolute atomic E-state index is 0.0711. The van der Waals surface area contributed by atoms with Gasteiger partial charge in [-0.3, -0.25) is 9.36 Å². The molecule has 0 saturated heterocycles. The minimum atomic E-state index is -0.495. The van der Waals surface area contributed by atoms with Crippen molar-refractivity contribution in [1.29, 1.82) is 0 Å². The standard InChI is InChI=1S/C10H7FN2O2/c11-7-1-2-9-8(5-7)10(15)13(3-4-14)6-12-9/h1-2,4-6H,3H2. The zero-order valence-electron chi connectivity index (χ0n) is 7.68. The van der Waals surface area contributed by atoms with Crippen LogP contribution >= 0.6 is 0 Å². The first-order valence-corrected chi connectivity index (χ1v) is 4.30. The molecule has 1 aromatic heterocycles. The van der Waals surface area contributed by atoms with Crippen LogP contribution in [0.3, 0.4) is 0 Å². The van der Waals surface area contributed by atoms with Gasteiger partial charge in [0.25, 0.3) is 5.56 Å². The number of fused-ring (bicyclic) bond motifs is 1. The van der Waals surface area contributed by atoms with E-state index in [2.05, 4.69) is 4.98 Å². The number of halogens is 1. The van der Waals surface area contributed by atoms with Crippen LogP contribution in [0.25, 0.3) is 10.9 Å². The highest BCUT2D eigenvalue weighted by atomic mass is 19.1. The Hall–Kier alpha value is -2.04. The highest BCUT2D eigenvalue weighted by Crippen LogP contribution is 2.07. The first-order chi connectivity index (χ1) is 7.22. The van der Waals surface area contributed by atoms with Gasteiger partial charge in [0.1, 0.15) is 12.1 Å². The molecule has 0 saturated carbocycles. The molecule has 0 amide bonds. The normalized spacial score (nSPS) is 10.5. The van der Waals surface area contributed by atoms with Crippen molar-refractivity contribution < 1.29 is 9.18 Å². The predicted octanol–water partition coefficient (Wildman–Crippen LogP) is 0.735. The van der Waals surface area contributed by atoms with Crippen LogP contribution in [0.4, 0.5) is 4.39 Å². The highest BCUT2D eigenvalue weighted by molar-refractivity contribution is 5.77. The Balaban J connectivity index is 2.76. The summed E-state index contributed by atoms with van der Waals surface area (Å²) in [6.07, 6.45) is 1.87. The van der Waals surface area contributed by atoms with Gasteiger partial charge in [0.05, 0.1) is 23.8 Å². The molecule has 0 aliphatic heterocycles. The molecule has 0 aliphatic carbocycles. The van der Waals surface area contributed by atoms with Crippen molar-refractivity contribution in [3.8, 4) is 0 Å². The van der Waals surface area contributed by atoms with E-state index in [0.717, 1.165) is 10.6 Å². The summed E-state index contributed by atoms with van der Waals surface area (Å²) in [5.74, 6) is -0.495. The molecule has 0 radical (unpaired) electrons. The largest absolute Gasteiger partial charge is 0.301 e. The van der Waals surface area contributed by atoms with Crippen LogP contribution in [0.5, 0.6) is 0 Å². The van der Waals surface area contributed by atoms with Gasteiger partial charge < -0.3 is 4.79 Å². The third-order valence-electron chi connectivity index (χ3n) is 2.06. The van der Waals surface area contributed by atoms with E-state index in [-0.39, 0.29) is 11.9 Å². The van der Waals surface area contributed by atoms with E-state index in [1.165, 1.54) is 18.5 Å². The number of rotatable bonds is 2. The first kappa shape index (κ1) is 9.51. The van der Waals surface area contributed by atoms with Crippen molar-refractivity contribution in [3.05, 3.63) is 40.7 Å². The van der Waals surface area contributed by atoms with E-state index in [4.69, 9.17) is 0 Å². The Bertz CT molecular complexity index is 577. The lowest BCUT2D eigenvalue weighted by Gasteiger charge is -2.01. The van der Waals surface area contributed by atoms with E-state index in [1.54, 1.807) is 0 Å². The quantitative estimate of drug-likeness (QED) is 0.681. The van der Waals surface area contributed by atoms with E-state index >= 15 is 0 Å². The number of carbonyl (C=O) groups is 1. The van der Waals surface area contributed by atoms with E-state index in [0.29, 0.717) is 11.8 Å². The lowest BCUT2D eigenvalue weighted by Crippen LogP contribution is -2.21. The second-order valence-electron chi connectivity index (χ2n) is 3.03. The zero-order chi connectivity index (χ0) is 10.8. The van der Waals surface area contributed by atoms with Crippen molar-refractivity contribution in [3.63, 3.8) is 0 Å². The van der Waals surface area contributed by atoms with Crippen molar-refractivity contribution >= 4 is 17.2 Å². The molecular formula is C10H7FN2O2. The summed E-state index contributed by atoms with van der Waals surface area (Å²) in [5.41, 5.74) is 0.00940. The van der Waals surface area contributed by atoms with Crippen LogP contribution in [-0.2, 0) is 11.3 Å². The smallest absolute Gasteiger partial charge is 0.261 e. The summed E-state index contributed by atoms with van der Waals surface area (Å²) in [6.45, 7) is -0.0711. The van der Waals surface area contributed by atoms with Crippen molar-refractivity contribution in [2.45, 2.75) is 6.54 Å². The maximum Gasteiger partial charge on any atom is 0.261 e. The van der Waals surface area contributed by atoms with Crippen LogP contribution in [0.1, 0.15) is 0 Å². The van der Waals surface area contributed by atoms with Crippen LogP contribution in [-0.4, -0.2) is 15.8 Å². The lowest BCUT2D eigenvalue weighted by molar-refractivity contribution is -0.108. The van der Waals surface area contributed by atoms with Gasteiger partial charge in [-0.25, -0.2) is 9.37 Å². The fourth-order valence-corrected chi connectivity index (χ4v) is 1.34. The number of nitrogens with zero attached hydrogens (tertiary/aromatic N) is 2. The summed E-state index contributed by atoms with van der Waals surface area (Å²) in [4.78, 5) is 25.9. The predicted molar refractivity (Wildman–Crippen MR) is 52.0 cm³/mol. The van der Waals surface area contributed by atoms with Gasteiger partial charge in [0, 0.05) is 0 Å². The van der Waals surface area contributed by atoms with Gasteiger partial charge in [0.15, 0.2) is 0 Å². The number of hydrogen-bond acceptors (Lipinski definition) is 3. The molecule has 2 aromatic rings. The molecular weight excluding hydrogens is 199 g/mol. The second kappa shape index (κ2) is 3.61. The van der Waals surface area contributed by atoms with Crippen LogP contribution < -0.4 is 5.56 Å². The molecule has 5 heteroatoms. The maximum absolute atomic E-state index is 12.9. The Morgan fingerprint density at radius 2 is 2.27 bits per heavy atom. The molecule has 0 fully saturated rings. The number of carbonyl (C=O) groups excluding carboxylic acids is 1. The number of aromatic nitrogens is 2. The molecule has 0 unspecified atom stereocenters. The Morgan fingerprint density at radius 1 is 1.47 bits per heavy atom. The van der Waals surface area contributed by atoms with Gasteiger partial charge in [0.2, 0.25) is 0 Å². The molecule has 4 nitrogen and oxygen atoms in total. The molecule has 15 heavy (non-hydrogen) atoms. The Kier molecular flexibility index (Phi) is 2.29. The molecule has 0 aliphatic rings. The molecule has 1 aromatic carbocycles. The summed E-state index contributed by atoms with van der Waals surface area (Å²) < 4.78 is 14.0. The Morgan fingerprint density at radius 3 is 3.00 bits per heavy atom. The number of benzene rings is 1. The summed E-state index contributed by atoms with van der Waals surface area (Å²) in [6, 6.07) is 3.78. The van der Waals surface area contributed by atoms with E-state index in [9.17, 15) is 14.0 Å². The van der Waals surface area contributed by atoms with Gasteiger partial charge in [-0.1, -0.05) is 0 Å². The molecule has 2 rings (SSSR count). The highest BCUT2D eigenvalue weighted by Gasteiger charge is 2.04. The second-order valence-corrected chi connectivity index (χ2v) is 3.03. The molecule has 76 valence electrons. The van der Waals surface area contributed by atoms with Gasteiger partial charge in [-0.2, -0.15) is 0 Å². The SMILES string of the molecule is O=CCn1cnc2ccc(F)cc2c1=O. The summed E-state index contributed by atoms with van der Waals surface area (Å²) in [5, 5.41) is 0.180.